The van der Waals surface area contributed by atoms with Gasteiger partial charge >= 0.3 is 0 Å². The van der Waals surface area contributed by atoms with Crippen molar-refractivity contribution in [3.63, 3.8) is 0 Å². The predicted molar refractivity (Wildman–Crippen MR) is 123 cm³/mol. The molecule has 0 spiro atoms. The van der Waals surface area contributed by atoms with Crippen LogP contribution in [0.25, 0.3) is 0 Å². The number of amides is 2. The average molecular weight is 437 g/mol. The number of aromatic nitrogens is 2. The molecule has 7 heteroatoms. The van der Waals surface area contributed by atoms with E-state index in [2.05, 4.69) is 15.6 Å². The molecule has 7 nitrogen and oxygen atoms in total. The second-order valence-electron chi connectivity index (χ2n) is 8.99. The van der Waals surface area contributed by atoms with Crippen LogP contribution >= 0.6 is 0 Å². The fraction of sp³-hybridized carbons (Fsp3) is 0.520. The highest BCUT2D eigenvalue weighted by Gasteiger charge is 2.27. The molecule has 0 radical (unpaired) electrons. The Morgan fingerprint density at radius 2 is 1.47 bits per heavy atom. The van der Waals surface area contributed by atoms with E-state index in [1.54, 1.807) is 23.2 Å². The average Bonchev–Trinajstić information content (AvgIpc) is 3.59. The number of carbonyl (C=O) groups is 2. The summed E-state index contributed by atoms with van der Waals surface area (Å²) in [6.07, 6.45) is 15.0. The smallest absolute Gasteiger partial charge is 0.256 e. The van der Waals surface area contributed by atoms with Gasteiger partial charge in [-0.1, -0.05) is 38.2 Å². The highest BCUT2D eigenvalue weighted by Crippen LogP contribution is 2.19. The molecule has 2 heterocycles. The van der Waals surface area contributed by atoms with E-state index in [0.717, 1.165) is 44.2 Å². The SMILES string of the molecule is O=C(NC1CCCCCCC1)c1cn(CCc2ccccn2)cc(C(=O)NC2CC2)c1=O. The van der Waals surface area contributed by atoms with Gasteiger partial charge in [-0.05, 0) is 37.8 Å². The van der Waals surface area contributed by atoms with Crippen LogP contribution in [0.1, 0.15) is 84.2 Å². The Kier molecular flexibility index (Phi) is 7.35. The number of aryl methyl sites for hydroxylation is 2. The van der Waals surface area contributed by atoms with Crippen LogP contribution in [0.2, 0.25) is 0 Å². The fourth-order valence-corrected chi connectivity index (χ4v) is 4.23. The van der Waals surface area contributed by atoms with Gasteiger partial charge in [0.2, 0.25) is 5.43 Å². The minimum atomic E-state index is -0.499. The maximum Gasteiger partial charge on any atom is 0.256 e. The van der Waals surface area contributed by atoms with Gasteiger partial charge in [-0.25, -0.2) is 0 Å². The van der Waals surface area contributed by atoms with Crippen LogP contribution in [0.4, 0.5) is 0 Å². The van der Waals surface area contributed by atoms with E-state index in [-0.39, 0.29) is 29.1 Å². The number of nitrogens with one attached hydrogen (secondary N) is 2. The molecule has 2 aromatic rings. The summed E-state index contributed by atoms with van der Waals surface area (Å²) in [6.45, 7) is 0.519. The first-order valence-corrected chi connectivity index (χ1v) is 11.9. The van der Waals surface area contributed by atoms with E-state index in [9.17, 15) is 14.4 Å². The minimum Gasteiger partial charge on any atom is -0.352 e. The lowest BCUT2D eigenvalue weighted by molar-refractivity contribution is 0.0928. The fourth-order valence-electron chi connectivity index (χ4n) is 4.23. The number of rotatable bonds is 7. The largest absolute Gasteiger partial charge is 0.352 e. The zero-order valence-electron chi connectivity index (χ0n) is 18.5. The molecule has 0 atom stereocenters. The summed E-state index contributed by atoms with van der Waals surface area (Å²) in [4.78, 5) is 43.3. The van der Waals surface area contributed by atoms with E-state index in [1.807, 2.05) is 18.2 Å². The second-order valence-corrected chi connectivity index (χ2v) is 8.99. The Labute approximate surface area is 188 Å². The highest BCUT2D eigenvalue weighted by molar-refractivity contribution is 5.99. The molecule has 0 aliphatic heterocycles. The first-order valence-electron chi connectivity index (χ1n) is 11.9. The standard InChI is InChI=1S/C25H32N4O3/c30-23-21(24(31)27-19-9-4-2-1-3-5-10-19)16-29(15-13-18-8-6-7-14-26-18)17-22(23)25(32)28-20-11-12-20/h6-8,14,16-17,19-20H,1-5,9-13,15H2,(H,27,31)(H,28,32). The third-order valence-electron chi connectivity index (χ3n) is 6.27. The second kappa shape index (κ2) is 10.6. The van der Waals surface area contributed by atoms with Crippen molar-refractivity contribution in [1.29, 1.82) is 0 Å². The van der Waals surface area contributed by atoms with Crippen LogP contribution in [-0.4, -0.2) is 33.4 Å². The summed E-state index contributed by atoms with van der Waals surface area (Å²) in [5, 5.41) is 5.95. The van der Waals surface area contributed by atoms with Gasteiger partial charge in [-0.2, -0.15) is 0 Å². The maximum atomic E-state index is 13.1. The minimum absolute atomic E-state index is 0.0308. The van der Waals surface area contributed by atoms with Crippen molar-refractivity contribution in [2.45, 2.75) is 82.8 Å². The Morgan fingerprint density at radius 3 is 2.03 bits per heavy atom. The molecule has 2 fully saturated rings. The Hall–Kier alpha value is -2.96. The van der Waals surface area contributed by atoms with Gasteiger partial charge in [0.15, 0.2) is 0 Å². The summed E-state index contributed by atoms with van der Waals surface area (Å²) in [5.74, 6) is -0.780. The molecule has 2 saturated carbocycles. The number of hydrogen-bond acceptors (Lipinski definition) is 4. The molecular weight excluding hydrogens is 404 g/mol. The van der Waals surface area contributed by atoms with Crippen LogP contribution in [-0.2, 0) is 13.0 Å². The molecule has 2 N–H and O–H groups in total. The maximum absolute atomic E-state index is 13.1. The van der Waals surface area contributed by atoms with Gasteiger partial charge < -0.3 is 15.2 Å². The Balaban J connectivity index is 1.56. The van der Waals surface area contributed by atoms with Crippen molar-refractivity contribution in [3.8, 4) is 0 Å². The lowest BCUT2D eigenvalue weighted by Gasteiger charge is -2.21. The summed E-state index contributed by atoms with van der Waals surface area (Å²) in [5.41, 5.74) is 0.482. The summed E-state index contributed by atoms with van der Waals surface area (Å²) < 4.78 is 1.77. The summed E-state index contributed by atoms with van der Waals surface area (Å²) in [7, 11) is 0. The molecule has 0 unspecified atom stereocenters. The molecule has 0 bridgehead atoms. The number of carbonyl (C=O) groups excluding carboxylic acids is 2. The van der Waals surface area contributed by atoms with Gasteiger partial charge in [0.25, 0.3) is 11.8 Å². The van der Waals surface area contributed by atoms with E-state index in [0.29, 0.717) is 13.0 Å². The lowest BCUT2D eigenvalue weighted by atomic mass is 9.96. The summed E-state index contributed by atoms with van der Waals surface area (Å²) in [6, 6.07) is 5.94. The van der Waals surface area contributed by atoms with E-state index >= 15 is 0 Å². The summed E-state index contributed by atoms with van der Waals surface area (Å²) >= 11 is 0. The molecule has 2 aliphatic rings. The van der Waals surface area contributed by atoms with Gasteiger partial charge in [-0.3, -0.25) is 19.4 Å². The van der Waals surface area contributed by atoms with Gasteiger partial charge in [0.1, 0.15) is 11.1 Å². The van der Waals surface area contributed by atoms with E-state index in [1.165, 1.54) is 19.3 Å². The number of hydrogen-bond donors (Lipinski definition) is 2. The monoisotopic (exact) mass is 436 g/mol. The van der Waals surface area contributed by atoms with Crippen molar-refractivity contribution in [1.82, 2.24) is 20.2 Å². The molecule has 32 heavy (non-hydrogen) atoms. The topological polar surface area (TPSA) is 93.1 Å². The normalized spacial score (nSPS) is 17.2. The zero-order valence-corrected chi connectivity index (χ0v) is 18.5. The molecule has 2 amide bonds. The van der Waals surface area contributed by atoms with E-state index in [4.69, 9.17) is 0 Å². The van der Waals surface area contributed by atoms with Gasteiger partial charge in [-0.15, -0.1) is 0 Å². The van der Waals surface area contributed by atoms with Crippen LogP contribution in [0.3, 0.4) is 0 Å². The van der Waals surface area contributed by atoms with Gasteiger partial charge in [0, 0.05) is 49.3 Å². The highest BCUT2D eigenvalue weighted by atomic mass is 16.2. The van der Waals surface area contributed by atoms with Crippen molar-refractivity contribution < 1.29 is 9.59 Å². The third-order valence-corrected chi connectivity index (χ3v) is 6.27. The van der Waals surface area contributed by atoms with Crippen LogP contribution in [0.5, 0.6) is 0 Å². The molecule has 170 valence electrons. The molecule has 0 aromatic carbocycles. The van der Waals surface area contributed by atoms with Crippen molar-refractivity contribution >= 4 is 11.8 Å². The Bertz CT molecular complexity index is 990. The predicted octanol–water partition coefficient (Wildman–Crippen LogP) is 3.22. The van der Waals surface area contributed by atoms with Crippen LogP contribution < -0.4 is 16.1 Å². The van der Waals surface area contributed by atoms with E-state index < -0.39 is 11.3 Å². The van der Waals surface area contributed by atoms with Crippen molar-refractivity contribution in [3.05, 3.63) is 63.8 Å². The quantitative estimate of drug-likeness (QED) is 0.697. The molecule has 2 aromatic heterocycles. The molecular formula is C25H32N4O3. The van der Waals surface area contributed by atoms with Crippen molar-refractivity contribution in [2.75, 3.05) is 0 Å². The number of pyridine rings is 2. The molecule has 2 aliphatic carbocycles. The van der Waals surface area contributed by atoms with Crippen LogP contribution in [0.15, 0.2) is 41.6 Å². The number of nitrogens with zero attached hydrogens (tertiary/aromatic N) is 2. The first kappa shape index (κ1) is 22.2. The van der Waals surface area contributed by atoms with Crippen molar-refractivity contribution in [2.24, 2.45) is 0 Å². The lowest BCUT2D eigenvalue weighted by Crippen LogP contribution is -2.40. The third kappa shape index (κ3) is 6.05. The molecule has 0 saturated heterocycles. The first-order chi connectivity index (χ1) is 15.6. The van der Waals surface area contributed by atoms with Gasteiger partial charge in [0.05, 0.1) is 0 Å². The molecule has 4 rings (SSSR count). The zero-order chi connectivity index (χ0) is 22.3. The van der Waals surface area contributed by atoms with Crippen LogP contribution in [0, 0.1) is 0 Å². The Morgan fingerprint density at radius 1 is 0.875 bits per heavy atom.